The number of hydrogen-bond acceptors (Lipinski definition) is 7. The van der Waals surface area contributed by atoms with E-state index in [4.69, 9.17) is 0 Å². The summed E-state index contributed by atoms with van der Waals surface area (Å²) in [7, 11) is -3.86. The van der Waals surface area contributed by atoms with Crippen LogP contribution in [0.4, 0.5) is 5.13 Å². The number of carbonyl (C=O) groups excluding carboxylic acids is 2. The summed E-state index contributed by atoms with van der Waals surface area (Å²) in [5.41, 5.74) is 0.188. The molecule has 0 aliphatic carbocycles. The van der Waals surface area contributed by atoms with Crippen molar-refractivity contribution in [3.05, 3.63) is 34.8 Å². The number of nitrogens with zero attached hydrogens (tertiary/aromatic N) is 3. The Kier molecular flexibility index (Phi) is 6.37. The van der Waals surface area contributed by atoms with Crippen molar-refractivity contribution in [1.82, 2.24) is 19.8 Å². The highest BCUT2D eigenvalue weighted by Crippen LogP contribution is 2.21. The van der Waals surface area contributed by atoms with Crippen LogP contribution in [0.1, 0.15) is 35.1 Å². The van der Waals surface area contributed by atoms with Gasteiger partial charge >= 0.3 is 0 Å². The molecule has 2 amide bonds. The van der Waals surface area contributed by atoms with E-state index in [-0.39, 0.29) is 36.0 Å². The second kappa shape index (κ2) is 8.76. The van der Waals surface area contributed by atoms with Gasteiger partial charge in [-0.25, -0.2) is 8.42 Å². The normalized spacial score (nSPS) is 15.2. The highest BCUT2D eigenvalue weighted by atomic mass is 32.2. The predicted octanol–water partition coefficient (Wildman–Crippen LogP) is 1.25. The van der Waals surface area contributed by atoms with Crippen molar-refractivity contribution >= 4 is 38.3 Å². The lowest BCUT2D eigenvalue weighted by molar-refractivity contribution is -0.122. The summed E-state index contributed by atoms with van der Waals surface area (Å²) in [6.07, 6.45) is 2.85. The first-order valence-corrected chi connectivity index (χ1v) is 11.2. The molecular weight excluding hydrogens is 402 g/mol. The largest absolute Gasteiger partial charge is 0.354 e. The summed E-state index contributed by atoms with van der Waals surface area (Å²) in [5.74, 6) is -0.814. The molecule has 1 aromatic heterocycles. The zero-order valence-corrected chi connectivity index (χ0v) is 17.0. The Morgan fingerprint density at radius 2 is 2.18 bits per heavy atom. The first-order chi connectivity index (χ1) is 13.4. The van der Waals surface area contributed by atoms with Crippen LogP contribution in [0.3, 0.4) is 0 Å². The zero-order valence-electron chi connectivity index (χ0n) is 15.3. The number of rotatable bonds is 7. The van der Waals surface area contributed by atoms with Gasteiger partial charge in [0.25, 0.3) is 5.91 Å². The minimum absolute atomic E-state index is 0.0317. The van der Waals surface area contributed by atoms with Crippen LogP contribution >= 0.6 is 11.3 Å². The molecule has 9 nitrogen and oxygen atoms in total. The van der Waals surface area contributed by atoms with Gasteiger partial charge in [-0.3, -0.25) is 14.9 Å². The summed E-state index contributed by atoms with van der Waals surface area (Å²) in [5, 5.41) is 14.4. The number of piperazine rings is 1. The lowest BCUT2D eigenvalue weighted by Gasteiger charge is -2.26. The number of sulfonamides is 1. The standard InChI is InChI=1S/C17H21N5O4S2/c1-2-3-7-15-20-21-17(27-15)19-16(24)12-5-4-6-13(10-12)28(25,26)22-9-8-18-14(23)11-22/h4-6,10H,2-3,7-9,11H2,1H3,(H,18,23)(H,19,21,24). The van der Waals surface area contributed by atoms with Crippen LogP contribution in [0.15, 0.2) is 29.2 Å². The number of nitrogens with one attached hydrogen (secondary N) is 2. The van der Waals surface area contributed by atoms with Gasteiger partial charge in [0.15, 0.2) is 0 Å². The van der Waals surface area contributed by atoms with Gasteiger partial charge in [-0.05, 0) is 24.6 Å². The van der Waals surface area contributed by atoms with E-state index < -0.39 is 15.9 Å². The van der Waals surface area contributed by atoms with Crippen molar-refractivity contribution in [3.63, 3.8) is 0 Å². The fraction of sp³-hybridized carbons (Fsp3) is 0.412. The quantitative estimate of drug-likeness (QED) is 0.691. The summed E-state index contributed by atoms with van der Waals surface area (Å²) < 4.78 is 26.6. The van der Waals surface area contributed by atoms with Crippen molar-refractivity contribution in [3.8, 4) is 0 Å². The Hall–Kier alpha value is -2.37. The molecule has 0 saturated carbocycles. The SMILES string of the molecule is CCCCc1nnc(NC(=O)c2cccc(S(=O)(=O)N3CCNC(=O)C3)c2)s1. The van der Waals surface area contributed by atoms with Gasteiger partial charge in [-0.15, -0.1) is 10.2 Å². The third kappa shape index (κ3) is 4.72. The molecule has 1 saturated heterocycles. The van der Waals surface area contributed by atoms with Gasteiger partial charge in [0.2, 0.25) is 21.1 Å². The molecule has 28 heavy (non-hydrogen) atoms. The Labute approximate surface area is 167 Å². The number of anilines is 1. The number of aryl methyl sites for hydroxylation is 1. The fourth-order valence-corrected chi connectivity index (χ4v) is 4.89. The molecule has 2 heterocycles. The highest BCUT2D eigenvalue weighted by molar-refractivity contribution is 7.89. The van der Waals surface area contributed by atoms with E-state index in [1.807, 2.05) is 0 Å². The highest BCUT2D eigenvalue weighted by Gasteiger charge is 2.29. The van der Waals surface area contributed by atoms with Crippen LogP contribution in [-0.2, 0) is 21.2 Å². The van der Waals surface area contributed by atoms with E-state index in [0.29, 0.717) is 5.13 Å². The van der Waals surface area contributed by atoms with Crippen molar-refractivity contribution in [2.24, 2.45) is 0 Å². The molecule has 0 atom stereocenters. The number of hydrogen-bond donors (Lipinski definition) is 2. The van der Waals surface area contributed by atoms with Crippen molar-refractivity contribution in [2.45, 2.75) is 31.1 Å². The van der Waals surface area contributed by atoms with E-state index in [9.17, 15) is 18.0 Å². The van der Waals surface area contributed by atoms with Crippen molar-refractivity contribution in [1.29, 1.82) is 0 Å². The molecule has 0 bridgehead atoms. The Balaban J connectivity index is 1.74. The number of unbranched alkanes of at least 4 members (excludes halogenated alkanes) is 1. The van der Waals surface area contributed by atoms with E-state index >= 15 is 0 Å². The first kappa shape index (κ1) is 20.4. The van der Waals surface area contributed by atoms with E-state index in [0.717, 1.165) is 28.6 Å². The van der Waals surface area contributed by atoms with Crippen LogP contribution in [0, 0.1) is 0 Å². The van der Waals surface area contributed by atoms with Gasteiger partial charge in [-0.1, -0.05) is 30.7 Å². The average Bonchev–Trinajstić information content (AvgIpc) is 3.13. The van der Waals surface area contributed by atoms with Crippen LogP contribution in [-0.4, -0.2) is 54.4 Å². The smallest absolute Gasteiger partial charge is 0.257 e. The molecule has 2 N–H and O–H groups in total. The van der Waals surface area contributed by atoms with E-state index in [1.54, 1.807) is 0 Å². The molecular formula is C17H21N5O4S2. The predicted molar refractivity (Wildman–Crippen MR) is 105 cm³/mol. The average molecular weight is 424 g/mol. The molecule has 1 aliphatic rings. The molecule has 11 heteroatoms. The van der Waals surface area contributed by atoms with Gasteiger partial charge in [0, 0.05) is 25.1 Å². The lowest BCUT2D eigenvalue weighted by Crippen LogP contribution is -2.49. The molecule has 1 aliphatic heterocycles. The summed E-state index contributed by atoms with van der Waals surface area (Å²) in [4.78, 5) is 24.0. The number of aromatic nitrogens is 2. The molecule has 3 rings (SSSR count). The van der Waals surface area contributed by atoms with Gasteiger partial charge in [0.05, 0.1) is 11.4 Å². The molecule has 2 aromatic rings. The second-order valence-corrected chi connectivity index (χ2v) is 9.28. The minimum atomic E-state index is -3.86. The third-order valence-corrected chi connectivity index (χ3v) is 6.91. The van der Waals surface area contributed by atoms with Crippen LogP contribution in [0.5, 0.6) is 0 Å². The molecule has 1 aromatic carbocycles. The maximum atomic E-state index is 12.8. The van der Waals surface area contributed by atoms with Gasteiger partial charge < -0.3 is 5.32 Å². The Bertz CT molecular complexity index is 973. The molecule has 0 spiro atoms. The molecule has 1 fully saturated rings. The van der Waals surface area contributed by atoms with Crippen LogP contribution in [0.2, 0.25) is 0 Å². The van der Waals surface area contributed by atoms with E-state index in [2.05, 4.69) is 27.8 Å². The maximum Gasteiger partial charge on any atom is 0.257 e. The molecule has 0 unspecified atom stereocenters. The Morgan fingerprint density at radius 3 is 2.93 bits per heavy atom. The van der Waals surface area contributed by atoms with Crippen LogP contribution in [0.25, 0.3) is 0 Å². The lowest BCUT2D eigenvalue weighted by atomic mass is 10.2. The maximum absolute atomic E-state index is 12.8. The monoisotopic (exact) mass is 423 g/mol. The second-order valence-electron chi connectivity index (χ2n) is 6.28. The van der Waals surface area contributed by atoms with Gasteiger partial charge in [-0.2, -0.15) is 4.31 Å². The van der Waals surface area contributed by atoms with Crippen molar-refractivity contribution in [2.75, 3.05) is 25.0 Å². The molecule has 0 radical (unpaired) electrons. The Morgan fingerprint density at radius 1 is 1.36 bits per heavy atom. The minimum Gasteiger partial charge on any atom is -0.354 e. The third-order valence-electron chi connectivity index (χ3n) is 4.17. The van der Waals surface area contributed by atoms with Crippen LogP contribution < -0.4 is 10.6 Å². The van der Waals surface area contributed by atoms with Crippen molar-refractivity contribution < 1.29 is 18.0 Å². The fourth-order valence-electron chi connectivity index (χ4n) is 2.67. The summed E-state index contributed by atoms with van der Waals surface area (Å²) in [6.45, 7) is 2.30. The number of benzene rings is 1. The van der Waals surface area contributed by atoms with E-state index in [1.165, 1.54) is 35.6 Å². The summed E-state index contributed by atoms with van der Waals surface area (Å²) in [6, 6.07) is 5.73. The number of carbonyl (C=O) groups is 2. The number of amides is 2. The molecule has 150 valence electrons. The first-order valence-electron chi connectivity index (χ1n) is 8.91. The summed E-state index contributed by atoms with van der Waals surface area (Å²) >= 11 is 1.30. The zero-order chi connectivity index (χ0) is 20.1. The van der Waals surface area contributed by atoms with Gasteiger partial charge in [0.1, 0.15) is 5.01 Å². The topological polar surface area (TPSA) is 121 Å².